The molecule has 0 aromatic heterocycles. The van der Waals surface area contributed by atoms with Gasteiger partial charge >= 0.3 is 0 Å². The fraction of sp³-hybridized carbons (Fsp3) is 0.800. The number of hydrogen-bond donors (Lipinski definition) is 2. The Morgan fingerprint density at radius 1 is 1.15 bits per heavy atom. The number of fused-ring (bicyclic) bond motifs is 1. The molecule has 7 atom stereocenters. The zero-order chi connectivity index (χ0) is 24.7. The molecule has 2 N–H and O–H groups in total. The summed E-state index contributed by atoms with van der Waals surface area (Å²) < 4.78 is 5.88. The van der Waals surface area contributed by atoms with Gasteiger partial charge in [-0.25, -0.2) is 0 Å². The Labute approximate surface area is 208 Å². The molecule has 3 aliphatic carbocycles. The minimum absolute atomic E-state index is 0.0841. The summed E-state index contributed by atoms with van der Waals surface area (Å²) in [6.45, 7) is 15.8. The molecule has 0 aromatic rings. The summed E-state index contributed by atoms with van der Waals surface area (Å²) in [6.07, 6.45) is 13.5. The van der Waals surface area contributed by atoms with Gasteiger partial charge in [-0.3, -0.25) is 4.90 Å². The predicted molar refractivity (Wildman–Crippen MR) is 140 cm³/mol. The first kappa shape index (κ1) is 26.1. The third-order valence-electron chi connectivity index (χ3n) is 10.2. The second-order valence-electron chi connectivity index (χ2n) is 12.6. The number of nitrogens with zero attached hydrogens (tertiary/aromatic N) is 1. The highest BCUT2D eigenvalue weighted by Gasteiger charge is 2.51. The molecule has 1 aliphatic heterocycles. The van der Waals surface area contributed by atoms with E-state index in [0.717, 1.165) is 11.5 Å². The van der Waals surface area contributed by atoms with Gasteiger partial charge < -0.3 is 14.9 Å². The molecule has 4 nitrogen and oxygen atoms in total. The molecular formula is C30H49NO3. The molecule has 4 heteroatoms. The van der Waals surface area contributed by atoms with Crippen LogP contribution in [0, 0.1) is 23.2 Å². The Bertz CT molecular complexity index is 798. The van der Waals surface area contributed by atoms with Crippen LogP contribution in [0.2, 0.25) is 0 Å². The van der Waals surface area contributed by atoms with Gasteiger partial charge in [-0.05, 0) is 107 Å². The van der Waals surface area contributed by atoms with Crippen molar-refractivity contribution in [2.45, 2.75) is 109 Å². The SMILES string of the molecule is C=C1[C@H](O)CC(=C/C=C2\CCC[C@]3(C)[C@@H]([C@H](C)CN4CCC[C@H]4C(C)(C)OC)CC[C@@H]23)C[C@H]1O. The van der Waals surface area contributed by atoms with Crippen LogP contribution in [0.1, 0.15) is 85.5 Å². The average molecular weight is 472 g/mol. The zero-order valence-corrected chi connectivity index (χ0v) is 22.4. The van der Waals surface area contributed by atoms with Gasteiger partial charge in [0, 0.05) is 19.7 Å². The number of ether oxygens (including phenoxy) is 1. The second kappa shape index (κ2) is 10.2. The minimum atomic E-state index is -0.612. The topological polar surface area (TPSA) is 52.9 Å². The third kappa shape index (κ3) is 4.98. The van der Waals surface area contributed by atoms with Crippen molar-refractivity contribution in [1.82, 2.24) is 4.90 Å². The van der Waals surface area contributed by atoms with Crippen LogP contribution in [-0.2, 0) is 4.74 Å². The van der Waals surface area contributed by atoms with Crippen molar-refractivity contribution in [3.8, 4) is 0 Å². The van der Waals surface area contributed by atoms with Gasteiger partial charge in [0.05, 0.1) is 17.8 Å². The molecule has 4 aliphatic rings. The maximum Gasteiger partial charge on any atom is 0.0809 e. The zero-order valence-electron chi connectivity index (χ0n) is 22.4. The van der Waals surface area contributed by atoms with Crippen LogP contribution in [0.4, 0.5) is 0 Å². The summed E-state index contributed by atoms with van der Waals surface area (Å²) in [7, 11) is 1.86. The first-order valence-corrected chi connectivity index (χ1v) is 13.8. The van der Waals surface area contributed by atoms with Crippen LogP contribution in [0.25, 0.3) is 0 Å². The third-order valence-corrected chi connectivity index (χ3v) is 10.2. The largest absolute Gasteiger partial charge is 0.388 e. The summed E-state index contributed by atoms with van der Waals surface area (Å²) in [6, 6.07) is 0.524. The van der Waals surface area contributed by atoms with E-state index in [1.54, 1.807) is 5.57 Å². The van der Waals surface area contributed by atoms with Gasteiger partial charge in [-0.15, -0.1) is 0 Å². The lowest BCUT2D eigenvalue weighted by Crippen LogP contribution is -2.49. The summed E-state index contributed by atoms with van der Waals surface area (Å²) in [5, 5.41) is 20.4. The van der Waals surface area contributed by atoms with Gasteiger partial charge in [0.25, 0.3) is 0 Å². The average Bonchev–Trinajstić information content (AvgIpc) is 3.40. The molecule has 0 spiro atoms. The quantitative estimate of drug-likeness (QED) is 0.491. The Hall–Kier alpha value is -0.940. The van der Waals surface area contributed by atoms with Gasteiger partial charge in [-0.1, -0.05) is 43.7 Å². The van der Waals surface area contributed by atoms with Crippen LogP contribution >= 0.6 is 0 Å². The highest BCUT2D eigenvalue weighted by Crippen LogP contribution is 2.59. The lowest BCUT2D eigenvalue weighted by molar-refractivity contribution is -0.0469. The van der Waals surface area contributed by atoms with E-state index in [1.165, 1.54) is 58.0 Å². The van der Waals surface area contributed by atoms with Crippen LogP contribution in [0.15, 0.2) is 35.5 Å². The fourth-order valence-electron chi connectivity index (χ4n) is 8.10. The van der Waals surface area contributed by atoms with Crippen molar-refractivity contribution in [2.24, 2.45) is 23.2 Å². The molecule has 4 rings (SSSR count). The highest BCUT2D eigenvalue weighted by atomic mass is 16.5. The van der Waals surface area contributed by atoms with E-state index in [2.05, 4.69) is 51.3 Å². The van der Waals surface area contributed by atoms with Crippen LogP contribution < -0.4 is 0 Å². The highest BCUT2D eigenvalue weighted by molar-refractivity contribution is 5.29. The number of likely N-dealkylation sites (tertiary alicyclic amines) is 1. The van der Waals surface area contributed by atoms with Gasteiger partial charge in [0.2, 0.25) is 0 Å². The van der Waals surface area contributed by atoms with Gasteiger partial charge in [0.1, 0.15) is 0 Å². The molecule has 4 fully saturated rings. The van der Waals surface area contributed by atoms with E-state index < -0.39 is 12.2 Å². The van der Waals surface area contributed by atoms with Crippen molar-refractivity contribution in [3.05, 3.63) is 35.5 Å². The molecule has 0 unspecified atom stereocenters. The predicted octanol–water partition coefficient (Wildman–Crippen LogP) is 5.65. The molecule has 0 aromatic carbocycles. The summed E-state index contributed by atoms with van der Waals surface area (Å²) in [5.41, 5.74) is 3.62. The van der Waals surface area contributed by atoms with Crippen molar-refractivity contribution in [3.63, 3.8) is 0 Å². The van der Waals surface area contributed by atoms with E-state index >= 15 is 0 Å². The molecule has 0 radical (unpaired) electrons. The number of aliphatic hydroxyl groups excluding tert-OH is 2. The van der Waals surface area contributed by atoms with Crippen molar-refractivity contribution >= 4 is 0 Å². The van der Waals surface area contributed by atoms with Crippen molar-refractivity contribution in [2.75, 3.05) is 20.2 Å². The Balaban J connectivity index is 1.45. The molecule has 1 heterocycles. The number of rotatable bonds is 6. The fourth-order valence-corrected chi connectivity index (χ4v) is 8.10. The molecule has 1 saturated heterocycles. The van der Waals surface area contributed by atoms with Gasteiger partial charge in [0.15, 0.2) is 0 Å². The number of allylic oxidation sites excluding steroid dienone is 3. The van der Waals surface area contributed by atoms with E-state index in [-0.39, 0.29) is 5.60 Å². The summed E-state index contributed by atoms with van der Waals surface area (Å²) >= 11 is 0. The molecule has 3 saturated carbocycles. The smallest absolute Gasteiger partial charge is 0.0809 e. The minimum Gasteiger partial charge on any atom is -0.388 e. The Kier molecular flexibility index (Phi) is 7.84. The summed E-state index contributed by atoms with van der Waals surface area (Å²) in [5.74, 6) is 2.13. The molecule has 34 heavy (non-hydrogen) atoms. The lowest BCUT2D eigenvalue weighted by Gasteiger charge is -2.46. The summed E-state index contributed by atoms with van der Waals surface area (Å²) in [4.78, 5) is 2.72. The van der Waals surface area contributed by atoms with E-state index in [4.69, 9.17) is 4.74 Å². The molecule has 0 amide bonds. The first-order chi connectivity index (χ1) is 16.1. The van der Waals surface area contributed by atoms with E-state index in [9.17, 15) is 10.2 Å². The Morgan fingerprint density at radius 2 is 1.85 bits per heavy atom. The maximum atomic E-state index is 10.2. The number of methoxy groups -OCH3 is 1. The van der Waals surface area contributed by atoms with Gasteiger partial charge in [-0.2, -0.15) is 0 Å². The maximum absolute atomic E-state index is 10.2. The monoisotopic (exact) mass is 471 g/mol. The second-order valence-corrected chi connectivity index (χ2v) is 12.6. The molecule has 192 valence electrons. The van der Waals surface area contributed by atoms with Crippen molar-refractivity contribution < 1.29 is 14.9 Å². The van der Waals surface area contributed by atoms with Crippen molar-refractivity contribution in [1.29, 1.82) is 0 Å². The van der Waals surface area contributed by atoms with E-state index in [0.29, 0.717) is 41.7 Å². The molecule has 0 bridgehead atoms. The number of aliphatic hydroxyl groups is 2. The first-order valence-electron chi connectivity index (χ1n) is 13.8. The van der Waals surface area contributed by atoms with Crippen LogP contribution in [-0.4, -0.2) is 59.2 Å². The van der Waals surface area contributed by atoms with Crippen LogP contribution in [0.5, 0.6) is 0 Å². The Morgan fingerprint density at radius 3 is 2.53 bits per heavy atom. The molecular weight excluding hydrogens is 422 g/mol. The van der Waals surface area contributed by atoms with E-state index in [1.807, 2.05) is 7.11 Å². The lowest BCUT2D eigenvalue weighted by atomic mass is 9.61. The standard InChI is InChI=1S/C30H49NO3/c1-20(19-31-16-8-10-28(31)29(3,4)34-6)24-13-14-25-23(9-7-15-30(24,25)5)12-11-22-17-26(32)21(2)27(33)18-22/h11-12,20,24-28,32-33H,2,7-10,13-19H2,1,3-6H3/b23-12+/t20-,24-,25+,26-,27-,28+,30-/m1/s1. The van der Waals surface area contributed by atoms with Crippen LogP contribution in [0.3, 0.4) is 0 Å². The normalized spacial score (nSPS) is 39.5. The number of hydrogen-bond acceptors (Lipinski definition) is 4.